The third kappa shape index (κ3) is 2.53. The highest BCUT2D eigenvalue weighted by molar-refractivity contribution is 6.24. The minimum Gasteiger partial charge on any atom is -0.364 e. The highest BCUT2D eigenvalue weighted by atomic mass is 16.2. The Hall–Kier alpha value is -2.11. The Balaban J connectivity index is 1.90. The number of nitrogens with zero attached hydrogens (tertiary/aromatic N) is 3. The number of ketones is 2. The second-order valence-corrected chi connectivity index (χ2v) is 6.22. The van der Waals surface area contributed by atoms with E-state index in [0.717, 1.165) is 26.2 Å². The van der Waals surface area contributed by atoms with Crippen LogP contribution in [0.2, 0.25) is 0 Å². The molecular weight excluding hydrogens is 282 g/mol. The molecule has 6 heteroatoms. The second kappa shape index (κ2) is 5.26. The van der Waals surface area contributed by atoms with Crippen LogP contribution in [-0.2, 0) is 14.4 Å². The first kappa shape index (κ1) is 14.8. The van der Waals surface area contributed by atoms with Crippen molar-refractivity contribution in [2.24, 2.45) is 0 Å². The predicted molar refractivity (Wildman–Crippen MR) is 80.8 cm³/mol. The highest BCUT2D eigenvalue weighted by Gasteiger charge is 2.41. The van der Waals surface area contributed by atoms with Gasteiger partial charge in [0.25, 0.3) is 0 Å². The summed E-state index contributed by atoms with van der Waals surface area (Å²) in [6.07, 6.45) is 0.586. The minimum atomic E-state index is -0.0666. The molecular formula is C16H21N3O3. The van der Waals surface area contributed by atoms with E-state index in [1.165, 1.54) is 4.90 Å². The quantitative estimate of drug-likeness (QED) is 0.535. The lowest BCUT2D eigenvalue weighted by Crippen LogP contribution is -2.30. The standard InChI is InChI=1S/C16H21N3O3/c1-10-13(18-6-7-18)16(22)11(4-5-12(20)17(2)3)14(15(10)21)19-8-9-19/h4-9H2,1-3H3. The fourth-order valence-electron chi connectivity index (χ4n) is 2.79. The summed E-state index contributed by atoms with van der Waals surface area (Å²) in [5, 5.41) is 0. The van der Waals surface area contributed by atoms with Crippen LogP contribution in [0, 0.1) is 0 Å². The van der Waals surface area contributed by atoms with Gasteiger partial charge in [0, 0.05) is 57.8 Å². The number of hydrogen-bond acceptors (Lipinski definition) is 5. The van der Waals surface area contributed by atoms with Gasteiger partial charge in [0.2, 0.25) is 17.5 Å². The molecule has 1 amide bonds. The fourth-order valence-corrected chi connectivity index (χ4v) is 2.79. The average molecular weight is 303 g/mol. The zero-order valence-corrected chi connectivity index (χ0v) is 13.3. The Morgan fingerprint density at radius 3 is 2.05 bits per heavy atom. The van der Waals surface area contributed by atoms with Crippen molar-refractivity contribution in [3.8, 4) is 0 Å². The van der Waals surface area contributed by atoms with Gasteiger partial charge in [0.1, 0.15) is 0 Å². The van der Waals surface area contributed by atoms with Crippen molar-refractivity contribution in [2.45, 2.75) is 19.8 Å². The summed E-state index contributed by atoms with van der Waals surface area (Å²) in [7, 11) is 3.39. The number of hydrogen-bond donors (Lipinski definition) is 0. The molecule has 0 saturated carbocycles. The zero-order valence-electron chi connectivity index (χ0n) is 13.3. The largest absolute Gasteiger partial charge is 0.364 e. The molecule has 0 aromatic rings. The molecule has 0 unspecified atom stereocenters. The van der Waals surface area contributed by atoms with Crippen LogP contribution in [0.1, 0.15) is 19.8 Å². The maximum absolute atomic E-state index is 12.8. The molecule has 0 atom stereocenters. The molecule has 0 aromatic carbocycles. The molecule has 0 spiro atoms. The Morgan fingerprint density at radius 2 is 1.55 bits per heavy atom. The molecule has 2 saturated heterocycles. The lowest BCUT2D eigenvalue weighted by Gasteiger charge is -2.24. The van der Waals surface area contributed by atoms with Crippen LogP contribution >= 0.6 is 0 Å². The van der Waals surface area contributed by atoms with E-state index >= 15 is 0 Å². The lowest BCUT2D eigenvalue weighted by molar-refractivity contribution is -0.128. The smallest absolute Gasteiger partial charge is 0.222 e. The summed E-state index contributed by atoms with van der Waals surface area (Å²) in [4.78, 5) is 42.7. The number of allylic oxidation sites excluding steroid dienone is 2. The Labute approximate surface area is 130 Å². The fraction of sp³-hybridized carbons (Fsp3) is 0.562. The third-order valence-electron chi connectivity index (χ3n) is 4.30. The van der Waals surface area contributed by atoms with Crippen LogP contribution < -0.4 is 0 Å². The number of carbonyl (C=O) groups is 3. The van der Waals surface area contributed by atoms with Crippen molar-refractivity contribution in [3.05, 3.63) is 22.5 Å². The van der Waals surface area contributed by atoms with E-state index in [1.54, 1.807) is 21.0 Å². The molecule has 0 aromatic heterocycles. The van der Waals surface area contributed by atoms with Crippen LogP contribution in [0.15, 0.2) is 22.5 Å². The van der Waals surface area contributed by atoms with Gasteiger partial charge in [0.05, 0.1) is 11.4 Å². The summed E-state index contributed by atoms with van der Waals surface area (Å²) < 4.78 is 0. The molecule has 2 heterocycles. The molecule has 3 rings (SSSR count). The first-order valence-electron chi connectivity index (χ1n) is 7.65. The first-order chi connectivity index (χ1) is 10.4. The maximum Gasteiger partial charge on any atom is 0.222 e. The maximum atomic E-state index is 12.8. The summed E-state index contributed by atoms with van der Waals surface area (Å²) in [5.74, 6) is -0.146. The zero-order chi connectivity index (χ0) is 16.0. The molecule has 22 heavy (non-hydrogen) atoms. The van der Waals surface area contributed by atoms with Crippen molar-refractivity contribution in [1.82, 2.24) is 14.7 Å². The molecule has 3 aliphatic rings. The monoisotopic (exact) mass is 303 g/mol. The van der Waals surface area contributed by atoms with E-state index < -0.39 is 0 Å². The van der Waals surface area contributed by atoms with E-state index in [2.05, 4.69) is 0 Å². The van der Waals surface area contributed by atoms with Crippen LogP contribution in [-0.4, -0.2) is 72.4 Å². The van der Waals surface area contributed by atoms with Crippen LogP contribution in [0.25, 0.3) is 0 Å². The molecule has 0 bridgehead atoms. The minimum absolute atomic E-state index is 0.0301. The molecule has 0 radical (unpaired) electrons. The summed E-state index contributed by atoms with van der Waals surface area (Å²) in [5.41, 5.74) is 2.14. The Morgan fingerprint density at radius 1 is 1.00 bits per heavy atom. The summed E-state index contributed by atoms with van der Waals surface area (Å²) in [6.45, 7) is 5.01. The average Bonchev–Trinajstić information content (AvgIpc) is 3.33. The Kier molecular flexibility index (Phi) is 3.54. The second-order valence-electron chi connectivity index (χ2n) is 6.22. The van der Waals surface area contributed by atoms with Gasteiger partial charge in [-0.05, 0) is 13.3 Å². The Bertz CT molecular complexity index is 623. The molecule has 1 aliphatic carbocycles. The van der Waals surface area contributed by atoms with Gasteiger partial charge in [-0.3, -0.25) is 14.4 Å². The summed E-state index contributed by atoms with van der Waals surface area (Å²) >= 11 is 0. The van der Waals surface area contributed by atoms with Crippen LogP contribution in [0.5, 0.6) is 0 Å². The van der Waals surface area contributed by atoms with Gasteiger partial charge >= 0.3 is 0 Å². The highest BCUT2D eigenvalue weighted by Crippen LogP contribution is 2.35. The lowest BCUT2D eigenvalue weighted by atomic mass is 9.88. The third-order valence-corrected chi connectivity index (χ3v) is 4.30. The molecule has 2 fully saturated rings. The van der Waals surface area contributed by atoms with Gasteiger partial charge < -0.3 is 14.7 Å². The summed E-state index contributed by atoms with van der Waals surface area (Å²) in [6, 6.07) is 0. The van der Waals surface area contributed by atoms with E-state index in [1.807, 2.05) is 9.80 Å². The molecule has 118 valence electrons. The molecule has 0 N–H and O–H groups in total. The number of carbonyl (C=O) groups excluding carboxylic acids is 3. The SMILES string of the molecule is CC1=C(N2CC2)C(=O)C(CCC(=O)N(C)C)=C(N2CC2)C1=O. The van der Waals surface area contributed by atoms with Gasteiger partial charge in [-0.25, -0.2) is 0 Å². The van der Waals surface area contributed by atoms with Crippen molar-refractivity contribution < 1.29 is 14.4 Å². The van der Waals surface area contributed by atoms with Crippen molar-refractivity contribution in [1.29, 1.82) is 0 Å². The van der Waals surface area contributed by atoms with Crippen molar-refractivity contribution in [2.75, 3.05) is 40.3 Å². The van der Waals surface area contributed by atoms with E-state index in [0.29, 0.717) is 29.0 Å². The van der Waals surface area contributed by atoms with Crippen molar-refractivity contribution >= 4 is 17.5 Å². The van der Waals surface area contributed by atoms with Crippen LogP contribution in [0.4, 0.5) is 0 Å². The number of rotatable bonds is 5. The first-order valence-corrected chi connectivity index (χ1v) is 7.65. The van der Waals surface area contributed by atoms with Crippen molar-refractivity contribution in [3.63, 3.8) is 0 Å². The topological polar surface area (TPSA) is 60.5 Å². The normalized spacial score (nSPS) is 20.9. The van der Waals surface area contributed by atoms with Crippen LogP contribution in [0.3, 0.4) is 0 Å². The van der Waals surface area contributed by atoms with Gasteiger partial charge in [-0.15, -0.1) is 0 Å². The molecule has 2 aliphatic heterocycles. The number of amides is 1. The van der Waals surface area contributed by atoms with Gasteiger partial charge in [0.15, 0.2) is 0 Å². The van der Waals surface area contributed by atoms with E-state index in [4.69, 9.17) is 0 Å². The van der Waals surface area contributed by atoms with Gasteiger partial charge in [-0.1, -0.05) is 0 Å². The molecule has 6 nitrogen and oxygen atoms in total. The number of Topliss-reactive ketones (excluding diaryl/α,β-unsaturated/α-hetero) is 2. The predicted octanol–water partition coefficient (Wildman–Crippen LogP) is 0.166. The van der Waals surface area contributed by atoms with E-state index in [9.17, 15) is 14.4 Å². The van der Waals surface area contributed by atoms with Gasteiger partial charge in [-0.2, -0.15) is 0 Å². The van der Waals surface area contributed by atoms with E-state index in [-0.39, 0.29) is 23.9 Å².